The summed E-state index contributed by atoms with van der Waals surface area (Å²) in [5.41, 5.74) is 5.34. The molecule has 0 radical (unpaired) electrons. The zero-order valence-corrected chi connectivity index (χ0v) is 13.4. The quantitative estimate of drug-likeness (QED) is 0.905. The van der Waals surface area contributed by atoms with Crippen molar-refractivity contribution >= 4 is 5.95 Å². The fourth-order valence-corrected chi connectivity index (χ4v) is 2.28. The Labute approximate surface area is 126 Å². The lowest BCUT2D eigenvalue weighted by atomic mass is 10.0. The number of hydrogen-bond acceptors (Lipinski definition) is 4. The molecule has 0 aliphatic rings. The van der Waals surface area contributed by atoms with Crippen LogP contribution in [0.25, 0.3) is 11.3 Å². The second kappa shape index (κ2) is 6.57. The Balaban J connectivity index is 2.53. The van der Waals surface area contributed by atoms with Crippen molar-refractivity contribution in [2.24, 2.45) is 0 Å². The molecule has 1 aromatic carbocycles. The van der Waals surface area contributed by atoms with Crippen LogP contribution in [0.3, 0.4) is 0 Å². The fourth-order valence-electron chi connectivity index (χ4n) is 2.28. The van der Waals surface area contributed by atoms with Crippen LogP contribution in [-0.2, 0) is 0 Å². The van der Waals surface area contributed by atoms with Crippen molar-refractivity contribution < 1.29 is 4.74 Å². The number of anilines is 1. The van der Waals surface area contributed by atoms with E-state index in [9.17, 15) is 0 Å². The Morgan fingerprint density at radius 3 is 2.57 bits per heavy atom. The maximum Gasteiger partial charge on any atom is 0.223 e. The van der Waals surface area contributed by atoms with Crippen LogP contribution in [0.1, 0.15) is 30.0 Å². The molecule has 112 valence electrons. The van der Waals surface area contributed by atoms with Gasteiger partial charge in [0, 0.05) is 18.3 Å². The first-order valence-corrected chi connectivity index (χ1v) is 7.30. The van der Waals surface area contributed by atoms with Crippen LogP contribution in [0, 0.1) is 20.8 Å². The number of rotatable bonds is 5. The highest BCUT2D eigenvalue weighted by Crippen LogP contribution is 2.35. The summed E-state index contributed by atoms with van der Waals surface area (Å²) < 4.78 is 5.61. The molecule has 4 nitrogen and oxygen atoms in total. The summed E-state index contributed by atoms with van der Waals surface area (Å²) in [4.78, 5) is 8.99. The van der Waals surface area contributed by atoms with Gasteiger partial charge in [-0.25, -0.2) is 9.97 Å². The molecular formula is C17H23N3O. The van der Waals surface area contributed by atoms with Gasteiger partial charge in [0.15, 0.2) is 0 Å². The first-order chi connectivity index (χ1) is 10.1. The molecule has 1 N–H and O–H groups in total. The summed E-state index contributed by atoms with van der Waals surface area (Å²) in [6, 6.07) is 4.17. The number of aryl methyl sites for hydroxylation is 2. The molecular weight excluding hydrogens is 262 g/mol. The molecule has 0 spiro atoms. The third-order valence-corrected chi connectivity index (χ3v) is 3.64. The number of nitrogens with zero attached hydrogens (tertiary/aromatic N) is 2. The molecule has 0 aliphatic heterocycles. The highest BCUT2D eigenvalue weighted by molar-refractivity contribution is 5.73. The lowest BCUT2D eigenvalue weighted by Gasteiger charge is -2.15. The summed E-state index contributed by atoms with van der Waals surface area (Å²) in [5, 5.41) is 3.23. The normalized spacial score (nSPS) is 10.5. The minimum atomic E-state index is 0.665. The van der Waals surface area contributed by atoms with Gasteiger partial charge in [-0.3, -0.25) is 0 Å². The van der Waals surface area contributed by atoms with Crippen molar-refractivity contribution in [1.82, 2.24) is 9.97 Å². The Morgan fingerprint density at radius 2 is 1.90 bits per heavy atom. The topological polar surface area (TPSA) is 47.0 Å². The molecule has 0 amide bonds. The van der Waals surface area contributed by atoms with Crippen molar-refractivity contribution in [3.63, 3.8) is 0 Å². The van der Waals surface area contributed by atoms with E-state index in [0.29, 0.717) is 5.95 Å². The van der Waals surface area contributed by atoms with E-state index in [1.165, 1.54) is 5.56 Å². The Kier molecular flexibility index (Phi) is 4.78. The largest absolute Gasteiger partial charge is 0.496 e. The predicted octanol–water partition coefficient (Wildman–Crippen LogP) is 3.90. The zero-order valence-electron chi connectivity index (χ0n) is 13.4. The van der Waals surface area contributed by atoms with Crippen LogP contribution in [0.5, 0.6) is 5.75 Å². The van der Waals surface area contributed by atoms with E-state index in [1.807, 2.05) is 13.1 Å². The number of ether oxygens (including phenoxy) is 1. The summed E-state index contributed by atoms with van der Waals surface area (Å²) in [7, 11) is 1.71. The lowest BCUT2D eigenvalue weighted by molar-refractivity contribution is 0.413. The third kappa shape index (κ3) is 3.15. The molecule has 0 fully saturated rings. The fraction of sp³-hybridized carbons (Fsp3) is 0.412. The molecule has 1 aromatic heterocycles. The summed E-state index contributed by atoms with van der Waals surface area (Å²) in [5.74, 6) is 1.55. The van der Waals surface area contributed by atoms with Gasteiger partial charge < -0.3 is 10.1 Å². The number of methoxy groups -OCH3 is 1. The molecule has 4 heteroatoms. The van der Waals surface area contributed by atoms with E-state index < -0.39 is 0 Å². The van der Waals surface area contributed by atoms with Gasteiger partial charge in [0.2, 0.25) is 5.95 Å². The third-order valence-electron chi connectivity index (χ3n) is 3.64. The highest BCUT2D eigenvalue weighted by atomic mass is 16.5. The number of aromatic nitrogens is 2. The molecule has 0 bridgehead atoms. The Hall–Kier alpha value is -2.10. The molecule has 21 heavy (non-hydrogen) atoms. The van der Waals surface area contributed by atoms with Crippen molar-refractivity contribution in [2.45, 2.75) is 34.1 Å². The van der Waals surface area contributed by atoms with Crippen LogP contribution in [-0.4, -0.2) is 23.6 Å². The Bertz CT molecular complexity index is 638. The molecule has 0 aliphatic carbocycles. The van der Waals surface area contributed by atoms with Crippen molar-refractivity contribution in [3.05, 3.63) is 35.0 Å². The van der Waals surface area contributed by atoms with Crippen molar-refractivity contribution in [1.29, 1.82) is 0 Å². The minimum Gasteiger partial charge on any atom is -0.496 e. The van der Waals surface area contributed by atoms with Crippen LogP contribution >= 0.6 is 0 Å². The molecule has 2 aromatic rings. The van der Waals surface area contributed by atoms with Crippen molar-refractivity contribution in [2.75, 3.05) is 19.0 Å². The van der Waals surface area contributed by atoms with Crippen LogP contribution in [0.15, 0.2) is 18.3 Å². The Morgan fingerprint density at radius 1 is 1.14 bits per heavy atom. The maximum absolute atomic E-state index is 5.61. The number of benzene rings is 1. The van der Waals surface area contributed by atoms with Gasteiger partial charge in [0.1, 0.15) is 5.75 Å². The standard InChI is InChI=1S/C17H23N3O/c1-6-9-18-17-19-10-12(3)15(20-17)14-8-7-11(2)13(4)16(14)21-5/h7-8,10H,6,9H2,1-5H3,(H,18,19,20). The first-order valence-electron chi connectivity index (χ1n) is 7.30. The average Bonchev–Trinajstić information content (AvgIpc) is 2.49. The summed E-state index contributed by atoms with van der Waals surface area (Å²) >= 11 is 0. The number of hydrogen-bond donors (Lipinski definition) is 1. The smallest absolute Gasteiger partial charge is 0.223 e. The first kappa shape index (κ1) is 15.3. The van der Waals surface area contributed by atoms with E-state index in [0.717, 1.165) is 41.1 Å². The van der Waals surface area contributed by atoms with Crippen molar-refractivity contribution in [3.8, 4) is 17.0 Å². The van der Waals surface area contributed by atoms with Crippen LogP contribution in [0.4, 0.5) is 5.95 Å². The molecule has 2 rings (SSSR count). The molecule has 1 heterocycles. The lowest BCUT2D eigenvalue weighted by Crippen LogP contribution is -2.06. The molecule has 0 saturated heterocycles. The van der Waals surface area contributed by atoms with E-state index in [1.54, 1.807) is 7.11 Å². The van der Waals surface area contributed by atoms with Gasteiger partial charge >= 0.3 is 0 Å². The molecule has 0 unspecified atom stereocenters. The summed E-state index contributed by atoms with van der Waals surface area (Å²) in [6.07, 6.45) is 2.90. The second-order valence-corrected chi connectivity index (χ2v) is 5.24. The molecule has 0 saturated carbocycles. The van der Waals surface area contributed by atoms with Gasteiger partial charge in [-0.2, -0.15) is 0 Å². The second-order valence-electron chi connectivity index (χ2n) is 5.24. The van der Waals surface area contributed by atoms with E-state index in [4.69, 9.17) is 4.74 Å². The monoisotopic (exact) mass is 285 g/mol. The zero-order chi connectivity index (χ0) is 15.4. The van der Waals surface area contributed by atoms with E-state index >= 15 is 0 Å². The minimum absolute atomic E-state index is 0.665. The maximum atomic E-state index is 5.61. The van der Waals surface area contributed by atoms with Gasteiger partial charge in [-0.15, -0.1) is 0 Å². The van der Waals surface area contributed by atoms with Crippen LogP contribution < -0.4 is 10.1 Å². The predicted molar refractivity (Wildman–Crippen MR) is 87.0 cm³/mol. The highest BCUT2D eigenvalue weighted by Gasteiger charge is 2.14. The van der Waals surface area contributed by atoms with Crippen LogP contribution in [0.2, 0.25) is 0 Å². The average molecular weight is 285 g/mol. The summed E-state index contributed by atoms with van der Waals surface area (Å²) in [6.45, 7) is 9.17. The van der Waals surface area contributed by atoms with Gasteiger partial charge in [-0.05, 0) is 49.9 Å². The van der Waals surface area contributed by atoms with Gasteiger partial charge in [-0.1, -0.05) is 13.0 Å². The molecule has 0 atom stereocenters. The number of nitrogens with one attached hydrogen (secondary N) is 1. The van der Waals surface area contributed by atoms with E-state index in [-0.39, 0.29) is 0 Å². The van der Waals surface area contributed by atoms with Gasteiger partial charge in [0.05, 0.1) is 12.8 Å². The van der Waals surface area contributed by atoms with Gasteiger partial charge in [0.25, 0.3) is 0 Å². The van der Waals surface area contributed by atoms with E-state index in [2.05, 4.69) is 48.2 Å². The SMILES string of the molecule is CCCNc1ncc(C)c(-c2ccc(C)c(C)c2OC)n1.